The second kappa shape index (κ2) is 9.09. The minimum atomic E-state index is -0.210. The highest BCUT2D eigenvalue weighted by Gasteiger charge is 2.16. The second-order valence-corrected chi connectivity index (χ2v) is 7.40. The van der Waals surface area contributed by atoms with E-state index in [4.69, 9.17) is 0 Å². The van der Waals surface area contributed by atoms with Gasteiger partial charge < -0.3 is 10.6 Å². The fourth-order valence-corrected chi connectivity index (χ4v) is 3.61. The van der Waals surface area contributed by atoms with Crippen LogP contribution in [0.4, 0.5) is 10.5 Å². The third kappa shape index (κ3) is 5.02. The number of amides is 2. The van der Waals surface area contributed by atoms with E-state index >= 15 is 0 Å². The maximum Gasteiger partial charge on any atom is 0.319 e. The first-order valence-corrected chi connectivity index (χ1v) is 10.4. The van der Waals surface area contributed by atoms with Crippen molar-refractivity contribution in [1.82, 2.24) is 20.0 Å². The molecule has 0 radical (unpaired) electrons. The number of aryl methyl sites for hydroxylation is 1. The van der Waals surface area contributed by atoms with Gasteiger partial charge in [0.1, 0.15) is 0 Å². The summed E-state index contributed by atoms with van der Waals surface area (Å²) in [5, 5.41) is 10.4. The van der Waals surface area contributed by atoms with E-state index in [0.717, 1.165) is 44.0 Å². The Morgan fingerprint density at radius 3 is 2.81 bits per heavy atom. The number of hydrogen-bond donors (Lipinski definition) is 2. The number of aromatic nitrogens is 2. The number of carbonyl (C=O) groups excluding carboxylic acids is 1. The molecule has 0 bridgehead atoms. The van der Waals surface area contributed by atoms with Crippen molar-refractivity contribution >= 4 is 23.5 Å². The van der Waals surface area contributed by atoms with Gasteiger partial charge in [0.25, 0.3) is 0 Å². The lowest BCUT2D eigenvalue weighted by molar-refractivity contribution is 0.251. The normalized spacial score (nSPS) is 14.5. The molecule has 1 aromatic carbocycles. The highest BCUT2D eigenvalue weighted by Crippen LogP contribution is 2.17. The predicted octanol–water partition coefficient (Wildman–Crippen LogP) is 3.54. The summed E-state index contributed by atoms with van der Waals surface area (Å²) in [5.74, 6) is 0. The molecule has 2 amide bonds. The van der Waals surface area contributed by atoms with Crippen LogP contribution >= 0.6 is 11.8 Å². The van der Waals surface area contributed by atoms with E-state index in [-0.39, 0.29) is 6.03 Å². The minimum Gasteiger partial charge on any atom is -0.332 e. The molecule has 2 heterocycles. The van der Waals surface area contributed by atoms with Crippen LogP contribution in [-0.2, 0) is 19.6 Å². The van der Waals surface area contributed by atoms with Gasteiger partial charge in [-0.25, -0.2) is 4.79 Å². The van der Waals surface area contributed by atoms with Crippen molar-refractivity contribution in [3.63, 3.8) is 0 Å². The van der Waals surface area contributed by atoms with Gasteiger partial charge in [0.05, 0.1) is 17.9 Å². The Balaban J connectivity index is 1.53. The van der Waals surface area contributed by atoms with E-state index in [1.807, 2.05) is 30.5 Å². The van der Waals surface area contributed by atoms with E-state index in [1.54, 1.807) is 11.8 Å². The van der Waals surface area contributed by atoms with Gasteiger partial charge in [0.15, 0.2) is 0 Å². The summed E-state index contributed by atoms with van der Waals surface area (Å²) in [6.45, 7) is 6.78. The molecule has 7 heteroatoms. The molecule has 0 saturated heterocycles. The number of fused-ring (bicyclic) bond motifs is 1. The lowest BCUT2D eigenvalue weighted by Crippen LogP contribution is -2.28. The Hall–Kier alpha value is -1.99. The third-order valence-corrected chi connectivity index (χ3v) is 5.21. The van der Waals surface area contributed by atoms with Crippen molar-refractivity contribution in [3.8, 4) is 0 Å². The number of anilines is 1. The summed E-state index contributed by atoms with van der Waals surface area (Å²) >= 11 is 1.68. The number of urea groups is 1. The molecule has 1 aromatic heterocycles. The lowest BCUT2D eigenvalue weighted by Gasteiger charge is -2.17. The molecule has 0 spiro atoms. The maximum atomic E-state index is 12.1. The van der Waals surface area contributed by atoms with Crippen LogP contribution in [0.25, 0.3) is 0 Å². The van der Waals surface area contributed by atoms with Crippen LogP contribution in [0.5, 0.6) is 0 Å². The quantitative estimate of drug-likeness (QED) is 0.760. The van der Waals surface area contributed by atoms with E-state index < -0.39 is 0 Å². The second-order valence-electron chi connectivity index (χ2n) is 6.52. The summed E-state index contributed by atoms with van der Waals surface area (Å²) in [4.78, 5) is 15.8. The molecule has 0 atom stereocenters. The Bertz CT molecular complexity index is 728. The van der Waals surface area contributed by atoms with Gasteiger partial charge in [-0.1, -0.05) is 6.92 Å². The molecule has 3 rings (SSSR count). The van der Waals surface area contributed by atoms with Gasteiger partial charge >= 0.3 is 6.03 Å². The van der Waals surface area contributed by atoms with Gasteiger partial charge in [-0.3, -0.25) is 9.58 Å². The molecule has 1 aliphatic rings. The number of hydrogen-bond acceptors (Lipinski definition) is 4. The standard InChI is InChI=1S/C19H27N5OS/c1-3-9-23-10-4-11-24-17(14-23)12-16(22-24)13-20-19(25)21-15-5-7-18(26-2)8-6-15/h5-8,12H,3-4,9-11,13-14H2,1-2H3,(H2,20,21,25). The van der Waals surface area contributed by atoms with E-state index in [0.29, 0.717) is 6.54 Å². The summed E-state index contributed by atoms with van der Waals surface area (Å²) in [6.07, 6.45) is 4.32. The smallest absolute Gasteiger partial charge is 0.319 e. The van der Waals surface area contributed by atoms with Gasteiger partial charge in [0.2, 0.25) is 0 Å². The zero-order valence-electron chi connectivity index (χ0n) is 15.5. The zero-order valence-corrected chi connectivity index (χ0v) is 16.3. The molecule has 2 N–H and O–H groups in total. The summed E-state index contributed by atoms with van der Waals surface area (Å²) in [7, 11) is 0. The van der Waals surface area contributed by atoms with Crippen molar-refractivity contribution in [3.05, 3.63) is 41.7 Å². The number of benzene rings is 1. The topological polar surface area (TPSA) is 62.2 Å². The SMILES string of the molecule is CCCN1CCCn2nc(CNC(=O)Nc3ccc(SC)cc3)cc2C1. The van der Waals surface area contributed by atoms with Crippen molar-refractivity contribution < 1.29 is 4.79 Å². The van der Waals surface area contributed by atoms with E-state index in [1.165, 1.54) is 17.0 Å². The van der Waals surface area contributed by atoms with Crippen LogP contribution in [0.2, 0.25) is 0 Å². The van der Waals surface area contributed by atoms with Gasteiger partial charge in [-0.2, -0.15) is 5.10 Å². The molecule has 0 fully saturated rings. The summed E-state index contributed by atoms with van der Waals surface area (Å²) in [6, 6.07) is 9.71. The minimum absolute atomic E-state index is 0.210. The van der Waals surface area contributed by atoms with Crippen LogP contribution in [0.15, 0.2) is 35.2 Å². The number of nitrogens with zero attached hydrogens (tertiary/aromatic N) is 3. The molecule has 0 saturated carbocycles. The maximum absolute atomic E-state index is 12.1. The number of thioether (sulfide) groups is 1. The van der Waals surface area contributed by atoms with E-state index in [9.17, 15) is 4.79 Å². The third-order valence-electron chi connectivity index (χ3n) is 4.46. The van der Waals surface area contributed by atoms with E-state index in [2.05, 4.69) is 38.3 Å². The molecule has 6 nitrogen and oxygen atoms in total. The average Bonchev–Trinajstić information content (AvgIpc) is 2.93. The van der Waals surface area contributed by atoms with Crippen LogP contribution in [0.3, 0.4) is 0 Å². The summed E-state index contributed by atoms with van der Waals surface area (Å²) < 4.78 is 2.09. The largest absolute Gasteiger partial charge is 0.332 e. The van der Waals surface area contributed by atoms with Crippen LogP contribution in [-0.4, -0.2) is 40.1 Å². The first-order chi connectivity index (χ1) is 12.7. The van der Waals surface area contributed by atoms with Gasteiger partial charge in [0, 0.05) is 30.2 Å². The summed E-state index contributed by atoms with van der Waals surface area (Å²) in [5.41, 5.74) is 2.93. The molecule has 2 aromatic rings. The molecular formula is C19H27N5OS. The van der Waals surface area contributed by atoms with Gasteiger partial charge in [-0.05, 0) is 56.0 Å². The first-order valence-electron chi connectivity index (χ1n) is 9.15. The Labute approximate surface area is 159 Å². The molecule has 0 aliphatic carbocycles. The Morgan fingerprint density at radius 1 is 1.27 bits per heavy atom. The Kier molecular flexibility index (Phi) is 6.57. The fourth-order valence-electron chi connectivity index (χ4n) is 3.20. The van der Waals surface area contributed by atoms with Crippen molar-refractivity contribution in [1.29, 1.82) is 0 Å². The number of nitrogens with one attached hydrogen (secondary N) is 2. The van der Waals surface area contributed by atoms with Crippen LogP contribution in [0, 0.1) is 0 Å². The monoisotopic (exact) mass is 373 g/mol. The fraction of sp³-hybridized carbons (Fsp3) is 0.474. The van der Waals surface area contributed by atoms with Crippen molar-refractivity contribution in [2.24, 2.45) is 0 Å². The number of carbonyl (C=O) groups is 1. The molecular weight excluding hydrogens is 346 g/mol. The first kappa shape index (κ1) is 18.8. The van der Waals surface area contributed by atoms with Crippen molar-refractivity contribution in [2.45, 2.75) is 44.3 Å². The van der Waals surface area contributed by atoms with Crippen LogP contribution < -0.4 is 10.6 Å². The zero-order chi connectivity index (χ0) is 18.4. The highest BCUT2D eigenvalue weighted by molar-refractivity contribution is 7.98. The average molecular weight is 374 g/mol. The number of rotatable bonds is 6. The molecule has 140 valence electrons. The van der Waals surface area contributed by atoms with Crippen molar-refractivity contribution in [2.75, 3.05) is 24.7 Å². The molecule has 1 aliphatic heterocycles. The highest BCUT2D eigenvalue weighted by atomic mass is 32.2. The molecule has 26 heavy (non-hydrogen) atoms. The predicted molar refractivity (Wildman–Crippen MR) is 106 cm³/mol. The van der Waals surface area contributed by atoms with Crippen LogP contribution in [0.1, 0.15) is 31.2 Å². The lowest BCUT2D eigenvalue weighted by atomic mass is 10.3. The Morgan fingerprint density at radius 2 is 2.08 bits per heavy atom. The molecule has 0 unspecified atom stereocenters. The van der Waals surface area contributed by atoms with Gasteiger partial charge in [-0.15, -0.1) is 11.8 Å².